The number of hydrogen-bond acceptors (Lipinski definition) is 7. The predicted molar refractivity (Wildman–Crippen MR) is 106 cm³/mol. The number of carbonyl (C=O) groups is 2. The van der Waals surface area contributed by atoms with Crippen LogP contribution < -0.4 is 4.90 Å². The molecule has 30 heavy (non-hydrogen) atoms. The Morgan fingerprint density at radius 3 is 2.33 bits per heavy atom. The van der Waals surface area contributed by atoms with E-state index in [0.717, 1.165) is 11.0 Å². The zero-order valence-corrected chi connectivity index (χ0v) is 17.5. The van der Waals surface area contributed by atoms with Gasteiger partial charge in [0, 0.05) is 19.3 Å². The molecule has 1 amide bonds. The highest BCUT2D eigenvalue weighted by Gasteiger charge is 2.33. The zero-order chi connectivity index (χ0) is 23.5. The largest absolute Gasteiger partial charge is 0.449 e. The molecule has 0 unspecified atom stereocenters. The van der Waals surface area contributed by atoms with E-state index >= 15 is 0 Å². The van der Waals surface area contributed by atoms with E-state index in [-0.39, 0.29) is 28.1 Å². The van der Waals surface area contributed by atoms with Crippen molar-refractivity contribution in [3.63, 3.8) is 0 Å². The molecule has 0 saturated heterocycles. The van der Waals surface area contributed by atoms with Crippen LogP contribution in [0.1, 0.15) is 26.7 Å². The molecule has 0 aromatic heterocycles. The summed E-state index contributed by atoms with van der Waals surface area (Å²) < 4.78 is 46.0. The maximum absolute atomic E-state index is 13.4. The summed E-state index contributed by atoms with van der Waals surface area (Å²) in [7, 11) is 0. The van der Waals surface area contributed by atoms with Gasteiger partial charge in [-0.15, -0.1) is 0 Å². The van der Waals surface area contributed by atoms with Crippen molar-refractivity contribution in [3.05, 3.63) is 28.5 Å². The van der Waals surface area contributed by atoms with Crippen molar-refractivity contribution < 1.29 is 37.2 Å². The van der Waals surface area contributed by atoms with Crippen molar-refractivity contribution in [1.82, 2.24) is 0 Å². The van der Waals surface area contributed by atoms with E-state index in [0.29, 0.717) is 19.8 Å². The van der Waals surface area contributed by atoms with Gasteiger partial charge in [-0.05, 0) is 40.5 Å². The predicted octanol–water partition coefficient (Wildman–Crippen LogP) is 4.93. The fourth-order valence-electron chi connectivity index (χ4n) is 1.77. The van der Waals surface area contributed by atoms with Gasteiger partial charge in [0.05, 0.1) is 16.7 Å². The van der Waals surface area contributed by atoms with Crippen molar-refractivity contribution in [2.45, 2.75) is 32.9 Å². The number of alkyl halides is 3. The number of anilines is 1. The topological polar surface area (TPSA) is 115 Å². The molecule has 2 N–H and O–H groups in total. The molecule has 1 aromatic carbocycles. The summed E-state index contributed by atoms with van der Waals surface area (Å²) in [5.41, 5.74) is 0.360. The molecule has 166 valence electrons. The molecule has 0 atom stereocenters. The molecule has 1 aromatic rings. The molecule has 0 aliphatic heterocycles. The van der Waals surface area contributed by atoms with Gasteiger partial charge in [0.25, 0.3) is 0 Å². The lowest BCUT2D eigenvalue weighted by Crippen LogP contribution is -2.38. The van der Waals surface area contributed by atoms with Crippen LogP contribution in [0.3, 0.4) is 0 Å². The first-order chi connectivity index (χ1) is 13.9. The van der Waals surface area contributed by atoms with Crippen LogP contribution in [-0.4, -0.2) is 47.9 Å². The molecule has 0 aliphatic rings. The Morgan fingerprint density at radius 1 is 1.37 bits per heavy atom. The van der Waals surface area contributed by atoms with Gasteiger partial charge in [-0.2, -0.15) is 13.2 Å². The number of hydrogen-bond donors (Lipinski definition) is 2. The van der Waals surface area contributed by atoms with Gasteiger partial charge in [-0.1, -0.05) is 23.7 Å². The van der Waals surface area contributed by atoms with E-state index in [2.05, 4.69) is 37.8 Å². The van der Waals surface area contributed by atoms with Crippen molar-refractivity contribution in [2.24, 2.45) is 10.3 Å². The summed E-state index contributed by atoms with van der Waals surface area (Å²) in [5, 5.41) is 23.1. The summed E-state index contributed by atoms with van der Waals surface area (Å²) in [6.45, 7) is 5.18. The van der Waals surface area contributed by atoms with Gasteiger partial charge >= 0.3 is 12.3 Å². The summed E-state index contributed by atoms with van der Waals surface area (Å²) in [6, 6.07) is 3.88. The van der Waals surface area contributed by atoms with Crippen molar-refractivity contribution in [3.8, 4) is 0 Å². The third kappa shape index (κ3) is 9.11. The third-order valence-corrected chi connectivity index (χ3v) is 3.86. The third-order valence-electron chi connectivity index (χ3n) is 3.25. The Labute approximate surface area is 177 Å². The van der Waals surface area contributed by atoms with Gasteiger partial charge in [-0.25, -0.2) is 9.18 Å². The second-order valence-corrected chi connectivity index (χ2v) is 6.35. The lowest BCUT2D eigenvalue weighted by molar-refractivity contribution is -0.168. The Bertz CT molecular complexity index is 815. The van der Waals surface area contributed by atoms with Crippen LogP contribution in [0.2, 0.25) is 0 Å². The van der Waals surface area contributed by atoms with Crippen LogP contribution in [0.25, 0.3) is 0 Å². The Kier molecular flexibility index (Phi) is 11.5. The van der Waals surface area contributed by atoms with Crippen molar-refractivity contribution >= 4 is 51.6 Å². The highest BCUT2D eigenvalue weighted by molar-refractivity contribution is 9.10. The summed E-state index contributed by atoms with van der Waals surface area (Å²) in [6.07, 6.45) is -4.48. The van der Waals surface area contributed by atoms with E-state index in [4.69, 9.17) is 10.6 Å². The summed E-state index contributed by atoms with van der Waals surface area (Å²) >= 11 is 3.03. The minimum Gasteiger partial charge on any atom is -0.411 e. The average Bonchev–Trinajstić information content (AvgIpc) is 2.66. The molecule has 0 bridgehead atoms. The van der Waals surface area contributed by atoms with Crippen LogP contribution in [0.15, 0.2) is 33.0 Å². The number of amides is 1. The molecule has 0 aliphatic carbocycles. The molecular weight excluding hydrogens is 480 g/mol. The van der Waals surface area contributed by atoms with E-state index in [1.54, 1.807) is 0 Å². The van der Waals surface area contributed by atoms with Gasteiger partial charge in [0.2, 0.25) is 5.78 Å². The Hall–Kier alpha value is -2.83. The smallest absolute Gasteiger partial charge is 0.411 e. The number of rotatable bonds is 7. The molecular formula is C17H19BrF4N4O4. The van der Waals surface area contributed by atoms with Crippen LogP contribution in [0, 0.1) is 11.2 Å². The fourth-order valence-corrected chi connectivity index (χ4v) is 2.13. The first-order valence-corrected chi connectivity index (χ1v) is 8.94. The maximum Gasteiger partial charge on any atom is 0.449 e. The lowest BCUT2D eigenvalue weighted by atomic mass is 10.1. The molecule has 1 rings (SSSR count). The second kappa shape index (κ2) is 12.7. The van der Waals surface area contributed by atoms with Gasteiger partial charge in [0.15, 0.2) is 0 Å². The number of benzene rings is 1. The van der Waals surface area contributed by atoms with Crippen LogP contribution >= 0.6 is 15.9 Å². The summed E-state index contributed by atoms with van der Waals surface area (Å²) in [5.74, 6) is -2.25. The summed E-state index contributed by atoms with van der Waals surface area (Å²) in [4.78, 5) is 26.9. The minimum absolute atomic E-state index is 0.0733. The normalized spacial score (nSPS) is 11.1. The SMILES string of the molecule is C=NOC(=O)N(CC(=N)/C(CCC)=N\O)c1ccc(F)c(Br)c1.CC(=O)C(F)(F)F. The Balaban J connectivity index is 0.00000103. The molecule has 13 heteroatoms. The fraction of sp³-hybridized carbons (Fsp3) is 0.353. The molecule has 0 fully saturated rings. The molecule has 0 spiro atoms. The van der Waals surface area contributed by atoms with Crippen LogP contribution in [0.5, 0.6) is 0 Å². The van der Waals surface area contributed by atoms with E-state index in [9.17, 15) is 27.2 Å². The number of nitrogens with zero attached hydrogens (tertiary/aromatic N) is 3. The quantitative estimate of drug-likeness (QED) is 0.182. The second-order valence-electron chi connectivity index (χ2n) is 5.50. The lowest BCUT2D eigenvalue weighted by Gasteiger charge is -2.21. The van der Waals surface area contributed by atoms with Gasteiger partial charge < -0.3 is 10.6 Å². The number of Topliss-reactive ketones (excluding diaryl/α,β-unsaturated/α-hetero) is 1. The van der Waals surface area contributed by atoms with Gasteiger partial charge in [-0.3, -0.25) is 14.5 Å². The first kappa shape index (κ1) is 27.2. The number of nitrogens with one attached hydrogen (secondary N) is 1. The van der Waals surface area contributed by atoms with E-state index in [1.165, 1.54) is 12.1 Å². The zero-order valence-electron chi connectivity index (χ0n) is 16.0. The van der Waals surface area contributed by atoms with Crippen molar-refractivity contribution in [1.29, 1.82) is 5.41 Å². The standard InChI is InChI=1S/C14H16BrFN4O3.C3H3F3O/c1-3-4-13(19-22)12(17)8-20(14(21)23-18-2)9-5-6-11(16)10(15)7-9;1-2(7)3(4,5)6/h5-7,17,22H,2-4,8H2,1H3;1H3/b17-12?,19-13-;. The molecule has 0 heterocycles. The Morgan fingerprint density at radius 2 is 1.93 bits per heavy atom. The maximum atomic E-state index is 13.4. The first-order valence-electron chi connectivity index (χ1n) is 8.15. The van der Waals surface area contributed by atoms with E-state index < -0.39 is 23.9 Å². The highest BCUT2D eigenvalue weighted by Crippen LogP contribution is 2.24. The molecule has 0 saturated carbocycles. The number of halogens is 5. The highest BCUT2D eigenvalue weighted by atomic mass is 79.9. The number of carbonyl (C=O) groups excluding carboxylic acids is 2. The number of oxime groups is 2. The van der Waals surface area contributed by atoms with E-state index in [1.807, 2.05) is 6.92 Å². The van der Waals surface area contributed by atoms with Crippen LogP contribution in [0.4, 0.5) is 28.0 Å². The molecule has 8 nitrogen and oxygen atoms in total. The monoisotopic (exact) mass is 498 g/mol. The number of ketones is 1. The van der Waals surface area contributed by atoms with Crippen LogP contribution in [-0.2, 0) is 9.63 Å². The minimum atomic E-state index is -4.64. The molecule has 0 radical (unpaired) electrons. The van der Waals surface area contributed by atoms with Crippen molar-refractivity contribution in [2.75, 3.05) is 11.4 Å². The average molecular weight is 499 g/mol. The van der Waals surface area contributed by atoms with Gasteiger partial charge in [0.1, 0.15) is 11.5 Å².